The Balaban J connectivity index is 1.59. The number of likely N-dealkylation sites (tertiary alicyclic amines) is 2. The van der Waals surface area contributed by atoms with E-state index in [4.69, 9.17) is 5.11 Å². The average Bonchev–Trinajstić information content (AvgIpc) is 3.00. The number of nitrogens with zero attached hydrogens (tertiary/aromatic N) is 2. The van der Waals surface area contributed by atoms with E-state index in [0.717, 1.165) is 25.8 Å². The van der Waals surface area contributed by atoms with Crippen LogP contribution in [0.4, 0.5) is 0 Å². The minimum absolute atomic E-state index is 0.0758. The number of aromatic carboxylic acids is 1. The molecule has 0 radical (unpaired) electrons. The van der Waals surface area contributed by atoms with Crippen molar-refractivity contribution in [3.05, 3.63) is 35.4 Å². The van der Waals surface area contributed by atoms with Crippen LogP contribution in [0.1, 0.15) is 46.4 Å². The zero-order valence-electron chi connectivity index (χ0n) is 12.9. The van der Waals surface area contributed by atoms with Gasteiger partial charge in [-0.05, 0) is 43.5 Å². The van der Waals surface area contributed by atoms with E-state index in [0.29, 0.717) is 25.1 Å². The molecular formula is C17H20N2O4. The van der Waals surface area contributed by atoms with E-state index < -0.39 is 5.97 Å². The summed E-state index contributed by atoms with van der Waals surface area (Å²) in [6.07, 6.45) is 3.21. The molecule has 0 saturated carbocycles. The molecular weight excluding hydrogens is 296 g/mol. The highest BCUT2D eigenvalue weighted by molar-refractivity contribution is 5.96. The van der Waals surface area contributed by atoms with Gasteiger partial charge in [-0.15, -0.1) is 0 Å². The SMILES string of the molecule is O=C(O)c1ccc(C(=O)N2CCC(N3CCCC3=O)CC2)cc1. The van der Waals surface area contributed by atoms with E-state index >= 15 is 0 Å². The highest BCUT2D eigenvalue weighted by Crippen LogP contribution is 2.23. The fourth-order valence-electron chi connectivity index (χ4n) is 3.37. The number of benzene rings is 1. The first kappa shape index (κ1) is 15.5. The molecule has 0 bridgehead atoms. The molecule has 2 saturated heterocycles. The minimum atomic E-state index is -1.000. The number of hydrogen-bond donors (Lipinski definition) is 1. The Morgan fingerprint density at radius 3 is 2.13 bits per heavy atom. The number of amides is 2. The van der Waals surface area contributed by atoms with Crippen LogP contribution in [0.2, 0.25) is 0 Å². The van der Waals surface area contributed by atoms with Crippen LogP contribution in [-0.2, 0) is 4.79 Å². The maximum Gasteiger partial charge on any atom is 0.335 e. The Bertz CT molecular complexity index is 618. The molecule has 1 aromatic rings. The second kappa shape index (κ2) is 6.40. The molecule has 3 rings (SSSR count). The summed E-state index contributed by atoms with van der Waals surface area (Å²) in [5.41, 5.74) is 0.679. The van der Waals surface area contributed by atoms with Crippen molar-refractivity contribution in [1.82, 2.24) is 9.80 Å². The van der Waals surface area contributed by atoms with E-state index in [1.807, 2.05) is 4.90 Å². The molecule has 0 aliphatic carbocycles. The Morgan fingerprint density at radius 1 is 1.00 bits per heavy atom. The van der Waals surface area contributed by atoms with Crippen molar-refractivity contribution < 1.29 is 19.5 Å². The number of carbonyl (C=O) groups is 3. The summed E-state index contributed by atoms with van der Waals surface area (Å²) in [7, 11) is 0. The largest absolute Gasteiger partial charge is 0.478 e. The Labute approximate surface area is 134 Å². The van der Waals surface area contributed by atoms with E-state index in [9.17, 15) is 14.4 Å². The second-order valence-corrected chi connectivity index (χ2v) is 6.10. The van der Waals surface area contributed by atoms with Crippen LogP contribution in [0.3, 0.4) is 0 Å². The maximum absolute atomic E-state index is 12.5. The highest BCUT2D eigenvalue weighted by Gasteiger charge is 2.32. The van der Waals surface area contributed by atoms with Crippen LogP contribution in [0.25, 0.3) is 0 Å². The molecule has 6 heteroatoms. The number of hydrogen-bond acceptors (Lipinski definition) is 3. The number of rotatable bonds is 3. The molecule has 2 fully saturated rings. The molecule has 2 amide bonds. The first-order chi connectivity index (χ1) is 11.1. The molecule has 0 aromatic heterocycles. The van der Waals surface area contributed by atoms with Gasteiger partial charge < -0.3 is 14.9 Å². The number of piperidine rings is 1. The zero-order valence-corrected chi connectivity index (χ0v) is 12.9. The van der Waals surface area contributed by atoms with Gasteiger partial charge in [-0.25, -0.2) is 4.79 Å². The topological polar surface area (TPSA) is 77.9 Å². The van der Waals surface area contributed by atoms with Crippen molar-refractivity contribution in [3.8, 4) is 0 Å². The predicted molar refractivity (Wildman–Crippen MR) is 83.3 cm³/mol. The van der Waals surface area contributed by atoms with Crippen LogP contribution in [-0.4, -0.2) is 58.4 Å². The van der Waals surface area contributed by atoms with Crippen molar-refractivity contribution in [1.29, 1.82) is 0 Å². The standard InChI is InChI=1S/C17H20N2O4/c20-15-2-1-9-19(15)14-7-10-18(11-8-14)16(21)12-3-5-13(6-4-12)17(22)23/h3-6,14H,1-2,7-11H2,(H,22,23). The van der Waals surface area contributed by atoms with Crippen LogP contribution in [0.15, 0.2) is 24.3 Å². The lowest BCUT2D eigenvalue weighted by molar-refractivity contribution is -0.130. The predicted octanol–water partition coefficient (Wildman–Crippen LogP) is 1.61. The van der Waals surface area contributed by atoms with Gasteiger partial charge in [0.1, 0.15) is 0 Å². The van der Waals surface area contributed by atoms with E-state index in [1.54, 1.807) is 17.0 Å². The van der Waals surface area contributed by atoms with Gasteiger partial charge in [-0.2, -0.15) is 0 Å². The van der Waals surface area contributed by atoms with Crippen molar-refractivity contribution in [2.24, 2.45) is 0 Å². The van der Waals surface area contributed by atoms with Gasteiger partial charge in [0, 0.05) is 37.7 Å². The smallest absolute Gasteiger partial charge is 0.335 e. The Kier molecular flexibility index (Phi) is 4.32. The Morgan fingerprint density at radius 2 is 1.61 bits per heavy atom. The summed E-state index contributed by atoms with van der Waals surface area (Å²) >= 11 is 0. The first-order valence-corrected chi connectivity index (χ1v) is 7.98. The number of carboxylic acids is 1. The van der Waals surface area contributed by atoms with E-state index in [2.05, 4.69) is 0 Å². The molecule has 23 heavy (non-hydrogen) atoms. The lowest BCUT2D eigenvalue weighted by Crippen LogP contribution is -2.47. The van der Waals surface area contributed by atoms with Gasteiger partial charge in [0.15, 0.2) is 0 Å². The van der Waals surface area contributed by atoms with Gasteiger partial charge >= 0.3 is 5.97 Å². The van der Waals surface area contributed by atoms with E-state index in [-0.39, 0.29) is 23.4 Å². The summed E-state index contributed by atoms with van der Waals surface area (Å²) in [4.78, 5) is 38.9. The van der Waals surface area contributed by atoms with Crippen LogP contribution < -0.4 is 0 Å². The lowest BCUT2D eigenvalue weighted by atomic mass is 10.0. The zero-order chi connectivity index (χ0) is 16.4. The average molecular weight is 316 g/mol. The van der Waals surface area contributed by atoms with Gasteiger partial charge in [-0.1, -0.05) is 0 Å². The highest BCUT2D eigenvalue weighted by atomic mass is 16.4. The van der Waals surface area contributed by atoms with Gasteiger partial charge in [0.2, 0.25) is 5.91 Å². The summed E-state index contributed by atoms with van der Waals surface area (Å²) in [6.45, 7) is 2.11. The number of carbonyl (C=O) groups excluding carboxylic acids is 2. The molecule has 2 heterocycles. The molecule has 1 aromatic carbocycles. The third kappa shape index (κ3) is 3.21. The maximum atomic E-state index is 12.5. The fraction of sp³-hybridized carbons (Fsp3) is 0.471. The van der Waals surface area contributed by atoms with Crippen molar-refractivity contribution in [2.45, 2.75) is 31.7 Å². The van der Waals surface area contributed by atoms with Gasteiger partial charge in [0.05, 0.1) is 5.56 Å². The van der Waals surface area contributed by atoms with Crippen LogP contribution >= 0.6 is 0 Å². The quantitative estimate of drug-likeness (QED) is 0.919. The molecule has 122 valence electrons. The molecule has 2 aliphatic rings. The number of carboxylic acid groups (broad SMARTS) is 1. The van der Waals surface area contributed by atoms with Crippen molar-refractivity contribution in [2.75, 3.05) is 19.6 Å². The van der Waals surface area contributed by atoms with Gasteiger partial charge in [0.25, 0.3) is 5.91 Å². The normalized spacial score (nSPS) is 19.2. The molecule has 0 atom stereocenters. The summed E-state index contributed by atoms with van der Waals surface area (Å²) in [5, 5.41) is 8.89. The molecule has 0 unspecified atom stereocenters. The summed E-state index contributed by atoms with van der Waals surface area (Å²) in [6, 6.07) is 6.27. The van der Waals surface area contributed by atoms with Gasteiger partial charge in [-0.3, -0.25) is 9.59 Å². The van der Waals surface area contributed by atoms with Crippen molar-refractivity contribution >= 4 is 17.8 Å². The molecule has 2 aliphatic heterocycles. The lowest BCUT2D eigenvalue weighted by Gasteiger charge is -2.36. The molecule has 6 nitrogen and oxygen atoms in total. The second-order valence-electron chi connectivity index (χ2n) is 6.10. The molecule has 1 N–H and O–H groups in total. The first-order valence-electron chi connectivity index (χ1n) is 7.98. The van der Waals surface area contributed by atoms with Crippen LogP contribution in [0.5, 0.6) is 0 Å². The third-order valence-corrected chi connectivity index (χ3v) is 4.68. The minimum Gasteiger partial charge on any atom is -0.478 e. The summed E-state index contributed by atoms with van der Waals surface area (Å²) < 4.78 is 0. The third-order valence-electron chi connectivity index (χ3n) is 4.68. The van der Waals surface area contributed by atoms with Crippen LogP contribution in [0, 0.1) is 0 Å². The Hall–Kier alpha value is -2.37. The monoisotopic (exact) mass is 316 g/mol. The fourth-order valence-corrected chi connectivity index (χ4v) is 3.37. The van der Waals surface area contributed by atoms with E-state index in [1.165, 1.54) is 12.1 Å². The molecule has 0 spiro atoms. The summed E-state index contributed by atoms with van der Waals surface area (Å²) in [5.74, 6) is -0.840. The van der Waals surface area contributed by atoms with Crippen molar-refractivity contribution in [3.63, 3.8) is 0 Å².